The van der Waals surface area contributed by atoms with Crippen molar-refractivity contribution in [3.05, 3.63) is 108 Å². The third kappa shape index (κ3) is 4.19. The molecule has 0 aliphatic heterocycles. The number of fused-ring (bicyclic) bond motifs is 2. The summed E-state index contributed by atoms with van der Waals surface area (Å²) < 4.78 is 13.8. The van der Waals surface area contributed by atoms with Crippen molar-refractivity contribution in [1.29, 1.82) is 0 Å². The number of benzene rings is 3. The Kier molecular flexibility index (Phi) is 5.55. The van der Waals surface area contributed by atoms with Gasteiger partial charge in [0, 0.05) is 35.1 Å². The molecule has 0 saturated heterocycles. The van der Waals surface area contributed by atoms with Gasteiger partial charge in [-0.2, -0.15) is 0 Å². The number of hydrogen-bond donors (Lipinski definition) is 2. The van der Waals surface area contributed by atoms with Gasteiger partial charge >= 0.3 is 6.03 Å². The molecule has 0 bridgehead atoms. The molecule has 5 rings (SSSR count). The number of pyridine rings is 1. The van der Waals surface area contributed by atoms with Gasteiger partial charge in [0.15, 0.2) is 0 Å². The smallest absolute Gasteiger partial charge is 0.319 e. The number of nitrogens with zero attached hydrogens (tertiary/aromatic N) is 1. The fourth-order valence-corrected chi connectivity index (χ4v) is 4.73. The van der Waals surface area contributed by atoms with Crippen LogP contribution in [0.1, 0.15) is 29.0 Å². The highest BCUT2D eigenvalue weighted by molar-refractivity contribution is 6.01. The third-order valence-corrected chi connectivity index (χ3v) is 6.26. The monoisotopic (exact) mass is 425 g/mol. The van der Waals surface area contributed by atoms with Gasteiger partial charge in [0.05, 0.1) is 5.69 Å². The predicted octanol–water partition coefficient (Wildman–Crippen LogP) is 5.84. The maximum atomic E-state index is 13.8. The lowest BCUT2D eigenvalue weighted by molar-refractivity contribution is 0.244. The number of urea groups is 1. The molecule has 3 aromatic carbocycles. The second-order valence-corrected chi connectivity index (χ2v) is 8.29. The Hall–Kier alpha value is -3.73. The summed E-state index contributed by atoms with van der Waals surface area (Å²) in [5.74, 6) is -0.138. The lowest BCUT2D eigenvalue weighted by Crippen LogP contribution is -2.44. The Morgan fingerprint density at radius 3 is 2.78 bits per heavy atom. The van der Waals surface area contributed by atoms with Crippen molar-refractivity contribution in [1.82, 2.24) is 10.3 Å². The van der Waals surface area contributed by atoms with E-state index in [4.69, 9.17) is 0 Å². The van der Waals surface area contributed by atoms with Crippen LogP contribution in [0.4, 0.5) is 14.9 Å². The second kappa shape index (κ2) is 8.79. The van der Waals surface area contributed by atoms with E-state index in [1.807, 2.05) is 48.5 Å². The van der Waals surface area contributed by atoms with Gasteiger partial charge in [-0.05, 0) is 60.2 Å². The van der Waals surface area contributed by atoms with Crippen LogP contribution < -0.4 is 10.6 Å². The molecule has 0 radical (unpaired) electrons. The van der Waals surface area contributed by atoms with Gasteiger partial charge < -0.3 is 10.6 Å². The van der Waals surface area contributed by atoms with Crippen molar-refractivity contribution in [3.63, 3.8) is 0 Å². The number of carbonyl (C=O) groups excluding carboxylic acids is 1. The Labute approximate surface area is 186 Å². The number of halogens is 1. The predicted molar refractivity (Wildman–Crippen MR) is 125 cm³/mol. The van der Waals surface area contributed by atoms with E-state index in [0.29, 0.717) is 0 Å². The molecule has 2 atom stereocenters. The zero-order chi connectivity index (χ0) is 21.9. The molecular formula is C27H24FN3O. The summed E-state index contributed by atoms with van der Waals surface area (Å²) >= 11 is 0. The Balaban J connectivity index is 1.39. The van der Waals surface area contributed by atoms with Crippen molar-refractivity contribution in [2.24, 2.45) is 0 Å². The highest BCUT2D eigenvalue weighted by Gasteiger charge is 2.31. The average Bonchev–Trinajstić information content (AvgIpc) is 2.81. The van der Waals surface area contributed by atoms with E-state index in [2.05, 4.69) is 27.8 Å². The van der Waals surface area contributed by atoms with Gasteiger partial charge in [0.2, 0.25) is 0 Å². The van der Waals surface area contributed by atoms with Gasteiger partial charge in [0.1, 0.15) is 5.82 Å². The van der Waals surface area contributed by atoms with Crippen molar-refractivity contribution in [2.45, 2.75) is 31.2 Å². The minimum Gasteiger partial charge on any atom is -0.334 e. The molecule has 2 N–H and O–H groups in total. The lowest BCUT2D eigenvalue weighted by Gasteiger charge is -2.34. The van der Waals surface area contributed by atoms with Gasteiger partial charge in [-0.3, -0.25) is 4.98 Å². The maximum absolute atomic E-state index is 13.8. The fourth-order valence-electron chi connectivity index (χ4n) is 4.73. The standard InChI is InChI=1S/C27H24FN3O/c28-21-10-11-22-19(16-21)9-12-26(24(22)15-18-5-2-1-3-6-18)31-27(32)30-25-8-4-7-20-17-29-14-13-23(20)25/h1-8,10-11,13-14,16-17,24,26H,9,12,15H2,(H2,30,31,32)/t24?,26-/m0/s1. The number of amides is 2. The number of aromatic nitrogens is 1. The molecule has 5 heteroatoms. The Morgan fingerprint density at radius 2 is 1.91 bits per heavy atom. The van der Waals surface area contributed by atoms with Crippen LogP contribution in [-0.2, 0) is 12.8 Å². The number of rotatable bonds is 4. The third-order valence-electron chi connectivity index (χ3n) is 6.26. The van der Waals surface area contributed by atoms with Gasteiger partial charge in [0.25, 0.3) is 0 Å². The molecule has 1 aliphatic carbocycles. The molecule has 32 heavy (non-hydrogen) atoms. The van der Waals surface area contributed by atoms with E-state index < -0.39 is 0 Å². The maximum Gasteiger partial charge on any atom is 0.319 e. The van der Waals surface area contributed by atoms with Crippen LogP contribution in [0, 0.1) is 5.82 Å². The Morgan fingerprint density at radius 1 is 1.03 bits per heavy atom. The molecule has 1 unspecified atom stereocenters. The first-order valence-electron chi connectivity index (χ1n) is 10.9. The van der Waals surface area contributed by atoms with E-state index in [1.54, 1.807) is 18.5 Å². The lowest BCUT2D eigenvalue weighted by atomic mass is 9.76. The van der Waals surface area contributed by atoms with E-state index >= 15 is 0 Å². The van der Waals surface area contributed by atoms with Crippen molar-refractivity contribution >= 4 is 22.5 Å². The molecule has 0 fully saturated rings. The summed E-state index contributed by atoms with van der Waals surface area (Å²) in [6.07, 6.45) is 5.79. The minimum absolute atomic E-state index is 0.0511. The molecule has 4 aromatic rings. The summed E-state index contributed by atoms with van der Waals surface area (Å²) in [5.41, 5.74) is 4.10. The van der Waals surface area contributed by atoms with E-state index in [9.17, 15) is 9.18 Å². The molecule has 1 aromatic heterocycles. The quantitative estimate of drug-likeness (QED) is 0.432. The van der Waals surface area contributed by atoms with Crippen LogP contribution in [0.3, 0.4) is 0 Å². The first-order chi connectivity index (χ1) is 15.7. The van der Waals surface area contributed by atoms with Crippen LogP contribution >= 0.6 is 0 Å². The fraction of sp³-hybridized carbons (Fsp3) is 0.185. The van der Waals surface area contributed by atoms with Crippen LogP contribution in [0.15, 0.2) is 85.2 Å². The normalized spacial score (nSPS) is 17.5. The zero-order valence-corrected chi connectivity index (χ0v) is 17.6. The summed E-state index contributed by atoms with van der Waals surface area (Å²) in [5, 5.41) is 8.13. The summed E-state index contributed by atoms with van der Waals surface area (Å²) in [4.78, 5) is 17.1. The molecular weight excluding hydrogens is 401 g/mol. The molecule has 0 spiro atoms. The molecule has 1 aliphatic rings. The van der Waals surface area contributed by atoms with Crippen molar-refractivity contribution in [3.8, 4) is 0 Å². The van der Waals surface area contributed by atoms with Crippen LogP contribution in [0.25, 0.3) is 10.8 Å². The number of aryl methyl sites for hydroxylation is 1. The first kappa shape index (κ1) is 20.2. The molecule has 0 saturated carbocycles. The molecule has 1 heterocycles. The molecule has 2 amide bonds. The number of anilines is 1. The largest absolute Gasteiger partial charge is 0.334 e. The SMILES string of the molecule is O=C(Nc1cccc2cnccc12)N[C@H]1CCc2cc(F)ccc2C1Cc1ccccc1. The van der Waals surface area contributed by atoms with Gasteiger partial charge in [-0.25, -0.2) is 9.18 Å². The second-order valence-electron chi connectivity index (χ2n) is 8.29. The van der Waals surface area contributed by atoms with Gasteiger partial charge in [-0.1, -0.05) is 48.5 Å². The average molecular weight is 426 g/mol. The molecule has 4 nitrogen and oxygen atoms in total. The highest BCUT2D eigenvalue weighted by Crippen LogP contribution is 2.35. The number of carbonyl (C=O) groups is 1. The summed E-state index contributed by atoms with van der Waals surface area (Å²) in [7, 11) is 0. The molecule has 160 valence electrons. The topological polar surface area (TPSA) is 54.0 Å². The number of hydrogen-bond acceptors (Lipinski definition) is 2. The number of nitrogens with one attached hydrogen (secondary N) is 2. The van der Waals surface area contributed by atoms with Crippen LogP contribution in [-0.4, -0.2) is 17.1 Å². The zero-order valence-electron chi connectivity index (χ0n) is 17.6. The van der Waals surface area contributed by atoms with Crippen molar-refractivity contribution in [2.75, 3.05) is 5.32 Å². The summed E-state index contributed by atoms with van der Waals surface area (Å²) in [6.45, 7) is 0. The first-order valence-corrected chi connectivity index (χ1v) is 10.9. The van der Waals surface area contributed by atoms with E-state index in [0.717, 1.165) is 46.8 Å². The summed E-state index contributed by atoms with van der Waals surface area (Å²) in [6, 6.07) is 22.6. The Bertz CT molecular complexity index is 1250. The van der Waals surface area contributed by atoms with E-state index in [-0.39, 0.29) is 23.8 Å². The minimum atomic E-state index is -0.233. The van der Waals surface area contributed by atoms with Gasteiger partial charge in [-0.15, -0.1) is 0 Å². The van der Waals surface area contributed by atoms with Crippen LogP contribution in [0.5, 0.6) is 0 Å². The van der Waals surface area contributed by atoms with Crippen molar-refractivity contribution < 1.29 is 9.18 Å². The highest BCUT2D eigenvalue weighted by atomic mass is 19.1. The van der Waals surface area contributed by atoms with Crippen LogP contribution in [0.2, 0.25) is 0 Å². The van der Waals surface area contributed by atoms with E-state index in [1.165, 1.54) is 11.6 Å².